The van der Waals surface area contributed by atoms with Gasteiger partial charge in [0.15, 0.2) is 0 Å². The van der Waals surface area contributed by atoms with Crippen LogP contribution in [0.3, 0.4) is 0 Å². The SMILES string of the molecule is C[C@@H]1C(O[Si](C)(C)C(C)(C)C)=C[C@@H]2C=C[C@H]1O2. The molecule has 2 heterocycles. The van der Waals surface area contributed by atoms with E-state index in [2.05, 4.69) is 59.0 Å². The lowest BCUT2D eigenvalue weighted by Gasteiger charge is -2.40. The summed E-state index contributed by atoms with van der Waals surface area (Å²) in [6.45, 7) is 13.6. The number of hydrogen-bond acceptors (Lipinski definition) is 2. The van der Waals surface area contributed by atoms with Crippen LogP contribution in [0.25, 0.3) is 0 Å². The molecule has 2 bridgehead atoms. The van der Waals surface area contributed by atoms with Crippen molar-refractivity contribution in [3.63, 3.8) is 0 Å². The summed E-state index contributed by atoms with van der Waals surface area (Å²) in [6, 6.07) is 0. The molecule has 2 nitrogen and oxygen atoms in total. The van der Waals surface area contributed by atoms with Crippen LogP contribution in [-0.2, 0) is 9.16 Å². The zero-order valence-corrected chi connectivity index (χ0v) is 12.8. The van der Waals surface area contributed by atoms with Crippen molar-refractivity contribution in [2.45, 2.75) is 58.0 Å². The summed E-state index contributed by atoms with van der Waals surface area (Å²) in [6.07, 6.45) is 6.78. The highest BCUT2D eigenvalue weighted by Gasteiger charge is 2.42. The van der Waals surface area contributed by atoms with Gasteiger partial charge in [-0.15, -0.1) is 0 Å². The lowest BCUT2D eigenvalue weighted by atomic mass is 10.0. The van der Waals surface area contributed by atoms with Crippen molar-refractivity contribution < 1.29 is 9.16 Å². The second kappa shape index (κ2) is 3.99. The molecule has 0 unspecified atom stereocenters. The second-order valence-corrected chi connectivity index (χ2v) is 11.4. The fraction of sp³-hybridized carbons (Fsp3) is 0.714. The summed E-state index contributed by atoms with van der Waals surface area (Å²) in [4.78, 5) is 0. The van der Waals surface area contributed by atoms with E-state index in [4.69, 9.17) is 9.16 Å². The van der Waals surface area contributed by atoms with E-state index in [1.54, 1.807) is 0 Å². The molecular weight excluding hydrogens is 228 g/mol. The summed E-state index contributed by atoms with van der Waals surface area (Å²) >= 11 is 0. The van der Waals surface area contributed by atoms with E-state index in [-0.39, 0.29) is 17.2 Å². The molecule has 2 rings (SSSR count). The van der Waals surface area contributed by atoms with E-state index in [0.29, 0.717) is 5.92 Å². The Morgan fingerprint density at radius 2 is 1.88 bits per heavy atom. The molecule has 0 fully saturated rings. The Bertz CT molecular complexity index is 363. The predicted molar refractivity (Wildman–Crippen MR) is 73.3 cm³/mol. The summed E-state index contributed by atoms with van der Waals surface area (Å²) in [5.41, 5.74) is 0. The van der Waals surface area contributed by atoms with Crippen LogP contribution in [0.4, 0.5) is 0 Å². The molecule has 2 aliphatic heterocycles. The topological polar surface area (TPSA) is 18.5 Å². The fourth-order valence-corrected chi connectivity index (χ4v) is 3.07. The number of ether oxygens (including phenoxy) is 1. The van der Waals surface area contributed by atoms with Crippen LogP contribution in [-0.4, -0.2) is 20.5 Å². The standard InChI is InChI=1S/C14H24O2Si/c1-10-12-8-7-11(15-12)9-13(10)16-17(5,6)14(2,3)4/h7-12H,1-6H3/t10-,11-,12+/m0/s1. The van der Waals surface area contributed by atoms with Gasteiger partial charge >= 0.3 is 0 Å². The highest BCUT2D eigenvalue weighted by molar-refractivity contribution is 6.74. The maximum Gasteiger partial charge on any atom is 0.250 e. The molecule has 0 saturated heterocycles. The largest absolute Gasteiger partial charge is 0.546 e. The minimum absolute atomic E-state index is 0.135. The maximum atomic E-state index is 6.42. The Labute approximate surface area is 106 Å². The third-order valence-corrected chi connectivity index (χ3v) is 8.61. The minimum Gasteiger partial charge on any atom is -0.546 e. The van der Waals surface area contributed by atoms with Crippen molar-refractivity contribution in [3.8, 4) is 0 Å². The summed E-state index contributed by atoms with van der Waals surface area (Å²) in [5, 5.41) is 0.248. The Hall–Kier alpha value is -0.543. The third kappa shape index (κ3) is 2.36. The molecular formula is C14H24O2Si. The van der Waals surface area contributed by atoms with E-state index >= 15 is 0 Å². The van der Waals surface area contributed by atoms with Gasteiger partial charge in [-0.25, -0.2) is 0 Å². The molecule has 0 saturated carbocycles. The molecule has 0 aromatic heterocycles. The van der Waals surface area contributed by atoms with Gasteiger partial charge in [0, 0.05) is 5.92 Å². The predicted octanol–water partition coefficient (Wildman–Crippen LogP) is 3.87. The molecule has 2 aliphatic rings. The Kier molecular flexibility index (Phi) is 3.03. The maximum absolute atomic E-state index is 6.42. The first-order chi connectivity index (χ1) is 7.71. The lowest BCUT2D eigenvalue weighted by molar-refractivity contribution is 0.0325. The van der Waals surface area contributed by atoms with Gasteiger partial charge in [0.2, 0.25) is 8.32 Å². The normalized spacial score (nSPS) is 32.6. The fourth-order valence-electron chi connectivity index (χ4n) is 1.92. The average Bonchev–Trinajstić information content (AvgIpc) is 2.56. The molecule has 0 aliphatic carbocycles. The summed E-state index contributed by atoms with van der Waals surface area (Å²) in [7, 11) is -1.72. The summed E-state index contributed by atoms with van der Waals surface area (Å²) in [5.74, 6) is 1.49. The number of rotatable bonds is 2. The van der Waals surface area contributed by atoms with Crippen molar-refractivity contribution >= 4 is 8.32 Å². The number of fused-ring (bicyclic) bond motifs is 2. The molecule has 96 valence electrons. The molecule has 17 heavy (non-hydrogen) atoms. The van der Waals surface area contributed by atoms with Crippen molar-refractivity contribution in [1.29, 1.82) is 0 Å². The first-order valence-corrected chi connectivity index (χ1v) is 9.36. The molecule has 0 radical (unpaired) electrons. The van der Waals surface area contributed by atoms with Crippen molar-refractivity contribution in [1.82, 2.24) is 0 Å². The van der Waals surface area contributed by atoms with Gasteiger partial charge in [0.25, 0.3) is 0 Å². The Morgan fingerprint density at radius 1 is 1.24 bits per heavy atom. The number of hydrogen-bond donors (Lipinski definition) is 0. The van der Waals surface area contributed by atoms with Gasteiger partial charge in [-0.3, -0.25) is 0 Å². The molecule has 0 amide bonds. The van der Waals surface area contributed by atoms with Crippen molar-refractivity contribution in [3.05, 3.63) is 24.0 Å². The van der Waals surface area contributed by atoms with Gasteiger partial charge in [0.05, 0.1) is 18.0 Å². The molecule has 0 aromatic rings. The van der Waals surface area contributed by atoms with Crippen molar-refractivity contribution in [2.24, 2.45) is 5.92 Å². The molecule has 0 aromatic carbocycles. The smallest absolute Gasteiger partial charge is 0.250 e. The van der Waals surface area contributed by atoms with E-state index < -0.39 is 8.32 Å². The zero-order valence-electron chi connectivity index (χ0n) is 11.8. The molecule has 3 atom stereocenters. The van der Waals surface area contributed by atoms with Gasteiger partial charge in [-0.05, 0) is 24.2 Å². The first-order valence-electron chi connectivity index (χ1n) is 6.45. The van der Waals surface area contributed by atoms with Crippen LogP contribution in [0.2, 0.25) is 18.1 Å². The average molecular weight is 252 g/mol. The van der Waals surface area contributed by atoms with E-state index in [9.17, 15) is 0 Å². The van der Waals surface area contributed by atoms with Crippen LogP contribution in [0.1, 0.15) is 27.7 Å². The monoisotopic (exact) mass is 252 g/mol. The van der Waals surface area contributed by atoms with Crippen LogP contribution in [0, 0.1) is 5.92 Å². The summed E-state index contributed by atoms with van der Waals surface area (Å²) < 4.78 is 12.2. The first kappa shape index (κ1) is 12.9. The molecule has 3 heteroatoms. The van der Waals surface area contributed by atoms with E-state index in [1.807, 2.05) is 0 Å². The molecule has 0 spiro atoms. The highest BCUT2D eigenvalue weighted by atomic mass is 28.4. The van der Waals surface area contributed by atoms with Crippen molar-refractivity contribution in [2.75, 3.05) is 0 Å². The van der Waals surface area contributed by atoms with Crippen LogP contribution < -0.4 is 0 Å². The highest BCUT2D eigenvalue weighted by Crippen LogP contribution is 2.41. The van der Waals surface area contributed by atoms with Gasteiger partial charge in [-0.2, -0.15) is 0 Å². The minimum atomic E-state index is -1.72. The lowest BCUT2D eigenvalue weighted by Crippen LogP contribution is -2.42. The molecule has 0 N–H and O–H groups in total. The Balaban J connectivity index is 2.15. The van der Waals surface area contributed by atoms with Crippen LogP contribution >= 0.6 is 0 Å². The second-order valence-electron chi connectivity index (χ2n) is 6.67. The van der Waals surface area contributed by atoms with Crippen LogP contribution in [0.5, 0.6) is 0 Å². The Morgan fingerprint density at radius 3 is 2.47 bits per heavy atom. The van der Waals surface area contributed by atoms with Gasteiger partial charge in [-0.1, -0.05) is 39.8 Å². The third-order valence-electron chi connectivity index (χ3n) is 4.25. The quantitative estimate of drug-likeness (QED) is 0.549. The van der Waals surface area contributed by atoms with E-state index in [0.717, 1.165) is 5.76 Å². The van der Waals surface area contributed by atoms with E-state index in [1.165, 1.54) is 0 Å². The van der Waals surface area contributed by atoms with Gasteiger partial charge in [0.1, 0.15) is 0 Å². The van der Waals surface area contributed by atoms with Crippen LogP contribution in [0.15, 0.2) is 24.0 Å². The van der Waals surface area contributed by atoms with Gasteiger partial charge < -0.3 is 9.16 Å². The zero-order chi connectivity index (χ0) is 12.8.